The molecule has 100 valence electrons. The third-order valence-corrected chi connectivity index (χ3v) is 4.91. The van der Waals surface area contributed by atoms with Crippen molar-refractivity contribution in [2.75, 3.05) is 19.3 Å². The molecule has 1 amide bonds. The molecule has 2 heterocycles. The summed E-state index contributed by atoms with van der Waals surface area (Å²) in [4.78, 5) is 18.0. The Morgan fingerprint density at radius 2 is 2.26 bits per heavy atom. The van der Waals surface area contributed by atoms with Crippen LogP contribution < -0.4 is 0 Å². The van der Waals surface area contributed by atoms with Gasteiger partial charge in [-0.1, -0.05) is 11.6 Å². The Kier molecular flexibility index (Phi) is 4.33. The minimum atomic E-state index is -0.349. The van der Waals surface area contributed by atoms with Crippen LogP contribution in [0.5, 0.6) is 0 Å². The molecule has 0 spiro atoms. The van der Waals surface area contributed by atoms with E-state index < -0.39 is 0 Å². The quantitative estimate of drug-likeness (QED) is 0.841. The number of nitriles is 1. The number of halogens is 1. The molecule has 1 aliphatic heterocycles. The molecular weight excluding hydrogens is 282 g/mol. The number of piperidine rings is 1. The van der Waals surface area contributed by atoms with E-state index in [4.69, 9.17) is 11.6 Å². The second kappa shape index (κ2) is 5.81. The van der Waals surface area contributed by atoms with Crippen molar-refractivity contribution in [2.24, 2.45) is 0 Å². The van der Waals surface area contributed by atoms with E-state index in [1.165, 1.54) is 6.20 Å². The summed E-state index contributed by atoms with van der Waals surface area (Å²) in [5.74, 6) is -0.116. The van der Waals surface area contributed by atoms with Crippen molar-refractivity contribution in [3.8, 4) is 6.07 Å². The number of thioether (sulfide) groups is 1. The van der Waals surface area contributed by atoms with E-state index >= 15 is 0 Å². The van der Waals surface area contributed by atoms with E-state index in [1.807, 2.05) is 6.26 Å². The number of nitrogens with zero attached hydrogens (tertiary/aromatic N) is 3. The number of likely N-dealkylation sites (tertiary alicyclic amines) is 1. The summed E-state index contributed by atoms with van der Waals surface area (Å²) in [5, 5.41) is 9.72. The van der Waals surface area contributed by atoms with Gasteiger partial charge >= 0.3 is 0 Å². The van der Waals surface area contributed by atoms with E-state index in [1.54, 1.807) is 28.8 Å². The predicted octanol–water partition coefficient (Wildman–Crippen LogP) is 2.60. The smallest absolute Gasteiger partial charge is 0.272 e. The zero-order valence-electron chi connectivity index (χ0n) is 10.6. The summed E-state index contributed by atoms with van der Waals surface area (Å²) < 4.78 is -0.349. The first-order chi connectivity index (χ1) is 9.10. The number of aromatic nitrogens is 1. The Morgan fingerprint density at radius 1 is 1.58 bits per heavy atom. The lowest BCUT2D eigenvalue weighted by Gasteiger charge is -2.35. The molecule has 2 rings (SSSR count). The highest BCUT2D eigenvalue weighted by molar-refractivity contribution is 8.00. The van der Waals surface area contributed by atoms with Gasteiger partial charge in [0.05, 0.1) is 6.07 Å². The van der Waals surface area contributed by atoms with Crippen molar-refractivity contribution in [1.82, 2.24) is 9.88 Å². The molecule has 1 saturated heterocycles. The summed E-state index contributed by atoms with van der Waals surface area (Å²) >= 11 is 7.43. The number of carbonyl (C=O) groups is 1. The normalized spacial score (nSPS) is 17.8. The van der Waals surface area contributed by atoms with Gasteiger partial charge in [0, 0.05) is 24.3 Å². The molecule has 1 aromatic rings. The van der Waals surface area contributed by atoms with Crippen molar-refractivity contribution >= 4 is 29.3 Å². The number of rotatable bonds is 2. The van der Waals surface area contributed by atoms with Crippen LogP contribution in [0.2, 0.25) is 5.02 Å². The van der Waals surface area contributed by atoms with Gasteiger partial charge in [-0.2, -0.15) is 5.26 Å². The number of hydrogen-bond acceptors (Lipinski definition) is 4. The van der Waals surface area contributed by atoms with Gasteiger partial charge in [0.1, 0.15) is 10.4 Å². The molecular formula is C13H14ClN3OS. The number of pyridine rings is 1. The number of amides is 1. The highest BCUT2D eigenvalue weighted by Gasteiger charge is 2.35. The maximum absolute atomic E-state index is 12.3. The first-order valence-electron chi connectivity index (χ1n) is 5.97. The summed E-state index contributed by atoms with van der Waals surface area (Å²) in [5.41, 5.74) is 0.362. The molecule has 6 heteroatoms. The molecule has 0 radical (unpaired) electrons. The summed E-state index contributed by atoms with van der Waals surface area (Å²) in [6.07, 6.45) is 4.86. The average Bonchev–Trinajstić information content (AvgIpc) is 2.46. The number of carbonyl (C=O) groups excluding carboxylic acids is 1. The van der Waals surface area contributed by atoms with Gasteiger partial charge in [0.2, 0.25) is 0 Å². The summed E-state index contributed by atoms with van der Waals surface area (Å²) in [7, 11) is 0. The van der Waals surface area contributed by atoms with Gasteiger partial charge in [-0.05, 0) is 31.2 Å². The van der Waals surface area contributed by atoms with Crippen LogP contribution in [0.1, 0.15) is 23.3 Å². The Morgan fingerprint density at radius 3 is 2.79 bits per heavy atom. The van der Waals surface area contributed by atoms with Crippen molar-refractivity contribution in [2.45, 2.75) is 17.6 Å². The van der Waals surface area contributed by atoms with Crippen LogP contribution in [-0.2, 0) is 0 Å². The average molecular weight is 296 g/mol. The van der Waals surface area contributed by atoms with E-state index in [2.05, 4.69) is 11.1 Å². The topological polar surface area (TPSA) is 57.0 Å². The highest BCUT2D eigenvalue weighted by Crippen LogP contribution is 2.34. The highest BCUT2D eigenvalue weighted by atomic mass is 35.5. The summed E-state index contributed by atoms with van der Waals surface area (Å²) in [6, 6.07) is 5.58. The van der Waals surface area contributed by atoms with Gasteiger partial charge < -0.3 is 4.90 Å². The van der Waals surface area contributed by atoms with Gasteiger partial charge in [-0.3, -0.25) is 9.78 Å². The second-order valence-electron chi connectivity index (χ2n) is 4.46. The molecule has 0 aromatic carbocycles. The molecule has 0 unspecified atom stereocenters. The van der Waals surface area contributed by atoms with Crippen LogP contribution in [-0.4, -0.2) is 39.9 Å². The lowest BCUT2D eigenvalue weighted by molar-refractivity contribution is 0.0710. The van der Waals surface area contributed by atoms with Crippen LogP contribution in [0.25, 0.3) is 0 Å². The maximum atomic E-state index is 12.3. The molecule has 4 nitrogen and oxygen atoms in total. The molecule has 0 saturated carbocycles. The second-order valence-corrected chi connectivity index (χ2v) is 6.09. The fraction of sp³-hybridized carbons (Fsp3) is 0.462. The largest absolute Gasteiger partial charge is 0.337 e. The van der Waals surface area contributed by atoms with Crippen LogP contribution in [0.3, 0.4) is 0 Å². The fourth-order valence-electron chi connectivity index (χ4n) is 2.12. The van der Waals surface area contributed by atoms with E-state index in [0.717, 1.165) is 0 Å². The SMILES string of the molecule is CSC1(C#N)CCN(C(=O)c2cc(Cl)ccn2)CC1. The lowest BCUT2D eigenvalue weighted by Crippen LogP contribution is -2.44. The minimum Gasteiger partial charge on any atom is -0.337 e. The van der Waals surface area contributed by atoms with Crippen molar-refractivity contribution in [3.63, 3.8) is 0 Å². The molecule has 19 heavy (non-hydrogen) atoms. The zero-order valence-corrected chi connectivity index (χ0v) is 12.2. The Hall–Kier alpha value is -1.25. The number of hydrogen-bond donors (Lipinski definition) is 0. The van der Waals surface area contributed by atoms with E-state index in [-0.39, 0.29) is 10.7 Å². The molecule has 1 fully saturated rings. The molecule has 0 aliphatic carbocycles. The molecule has 1 aromatic heterocycles. The summed E-state index contributed by atoms with van der Waals surface area (Å²) in [6.45, 7) is 1.17. The van der Waals surface area contributed by atoms with E-state index in [0.29, 0.717) is 36.6 Å². The molecule has 0 bridgehead atoms. The Balaban J connectivity index is 2.06. The maximum Gasteiger partial charge on any atom is 0.272 e. The van der Waals surface area contributed by atoms with Crippen molar-refractivity contribution in [1.29, 1.82) is 5.26 Å². The van der Waals surface area contributed by atoms with Crippen LogP contribution >= 0.6 is 23.4 Å². The third-order valence-electron chi connectivity index (χ3n) is 3.39. The van der Waals surface area contributed by atoms with Crippen molar-refractivity contribution in [3.05, 3.63) is 29.0 Å². The van der Waals surface area contributed by atoms with Gasteiger partial charge in [0.15, 0.2) is 0 Å². The van der Waals surface area contributed by atoms with Gasteiger partial charge in [-0.15, -0.1) is 11.8 Å². The monoisotopic (exact) mass is 295 g/mol. The molecule has 1 aliphatic rings. The van der Waals surface area contributed by atoms with Crippen LogP contribution in [0.15, 0.2) is 18.3 Å². The van der Waals surface area contributed by atoms with Gasteiger partial charge in [-0.25, -0.2) is 0 Å². The zero-order chi connectivity index (χ0) is 13.9. The van der Waals surface area contributed by atoms with E-state index in [9.17, 15) is 10.1 Å². The Bertz CT molecular complexity index is 521. The lowest BCUT2D eigenvalue weighted by atomic mass is 9.97. The first-order valence-corrected chi connectivity index (χ1v) is 7.58. The third kappa shape index (κ3) is 3.02. The van der Waals surface area contributed by atoms with Gasteiger partial charge in [0.25, 0.3) is 5.91 Å². The van der Waals surface area contributed by atoms with Crippen LogP contribution in [0, 0.1) is 11.3 Å². The van der Waals surface area contributed by atoms with Crippen molar-refractivity contribution < 1.29 is 4.79 Å². The first kappa shape index (κ1) is 14.2. The predicted molar refractivity (Wildman–Crippen MR) is 76.2 cm³/mol. The standard InChI is InChI=1S/C13H14ClN3OS/c1-19-13(9-15)3-6-17(7-4-13)12(18)11-8-10(14)2-5-16-11/h2,5,8H,3-4,6-7H2,1H3. The molecule has 0 N–H and O–H groups in total. The minimum absolute atomic E-state index is 0.116. The van der Waals surface area contributed by atoms with Crippen LogP contribution in [0.4, 0.5) is 0 Å². The molecule has 0 atom stereocenters. The fourth-order valence-corrected chi connectivity index (χ4v) is 2.96. The Labute approximate surface area is 121 Å².